The standard InChI is InChI=1S/C11H15NO2S/c1-15(13,14)12-8-6-10-4-2-3-5-11(10)7-9-12/h2-5H,6-9H2,1H3. The van der Waals surface area contributed by atoms with Crippen LogP contribution in [0.2, 0.25) is 0 Å². The number of sulfonamides is 1. The van der Waals surface area contributed by atoms with Gasteiger partial charge in [0, 0.05) is 13.1 Å². The molecule has 1 aromatic rings. The summed E-state index contributed by atoms with van der Waals surface area (Å²) in [5.74, 6) is 0. The fourth-order valence-electron chi connectivity index (χ4n) is 1.98. The van der Waals surface area contributed by atoms with Crippen molar-refractivity contribution in [3.05, 3.63) is 35.4 Å². The van der Waals surface area contributed by atoms with Gasteiger partial charge in [-0.1, -0.05) is 24.3 Å². The summed E-state index contributed by atoms with van der Waals surface area (Å²) in [6, 6.07) is 8.19. The molecule has 0 unspecified atom stereocenters. The molecule has 2 rings (SSSR count). The lowest BCUT2D eigenvalue weighted by atomic mass is 10.0. The minimum Gasteiger partial charge on any atom is -0.213 e. The summed E-state index contributed by atoms with van der Waals surface area (Å²) in [7, 11) is -3.03. The zero-order valence-corrected chi connectivity index (χ0v) is 9.63. The van der Waals surface area contributed by atoms with E-state index in [4.69, 9.17) is 0 Å². The van der Waals surface area contributed by atoms with Gasteiger partial charge in [0.15, 0.2) is 0 Å². The van der Waals surface area contributed by atoms with Gasteiger partial charge in [-0.2, -0.15) is 0 Å². The fraction of sp³-hybridized carbons (Fsp3) is 0.455. The van der Waals surface area contributed by atoms with Crippen LogP contribution in [0.3, 0.4) is 0 Å². The van der Waals surface area contributed by atoms with Gasteiger partial charge in [0.2, 0.25) is 10.0 Å². The van der Waals surface area contributed by atoms with E-state index in [0.717, 1.165) is 12.8 Å². The normalized spacial score (nSPS) is 18.2. The van der Waals surface area contributed by atoms with Gasteiger partial charge in [0.05, 0.1) is 6.26 Å². The van der Waals surface area contributed by atoms with Gasteiger partial charge in [0.25, 0.3) is 0 Å². The molecule has 15 heavy (non-hydrogen) atoms. The largest absolute Gasteiger partial charge is 0.213 e. The Morgan fingerprint density at radius 3 is 1.93 bits per heavy atom. The van der Waals surface area contributed by atoms with E-state index in [9.17, 15) is 8.42 Å². The van der Waals surface area contributed by atoms with E-state index in [1.54, 1.807) is 4.31 Å². The maximum atomic E-state index is 11.4. The van der Waals surface area contributed by atoms with Crippen molar-refractivity contribution in [1.29, 1.82) is 0 Å². The average Bonchev–Trinajstić information content (AvgIpc) is 2.38. The molecule has 0 fully saturated rings. The molecule has 0 saturated carbocycles. The van der Waals surface area contributed by atoms with Crippen LogP contribution in [0.5, 0.6) is 0 Å². The first-order chi connectivity index (χ1) is 7.07. The molecule has 0 aliphatic carbocycles. The van der Waals surface area contributed by atoms with Crippen LogP contribution in [0.15, 0.2) is 24.3 Å². The van der Waals surface area contributed by atoms with Crippen molar-refractivity contribution >= 4 is 10.0 Å². The smallest absolute Gasteiger partial charge is 0.211 e. The van der Waals surface area contributed by atoms with Crippen molar-refractivity contribution in [2.45, 2.75) is 12.8 Å². The van der Waals surface area contributed by atoms with Crippen LogP contribution in [-0.2, 0) is 22.9 Å². The fourth-order valence-corrected chi connectivity index (χ4v) is 2.82. The molecular weight excluding hydrogens is 210 g/mol. The van der Waals surface area contributed by atoms with Gasteiger partial charge in [-0.15, -0.1) is 0 Å². The Bertz CT molecular complexity index is 426. The molecular formula is C11H15NO2S. The highest BCUT2D eigenvalue weighted by molar-refractivity contribution is 7.88. The Morgan fingerprint density at radius 2 is 1.53 bits per heavy atom. The molecule has 4 heteroatoms. The molecule has 1 aliphatic rings. The number of nitrogens with zero attached hydrogens (tertiary/aromatic N) is 1. The highest BCUT2D eigenvalue weighted by atomic mass is 32.2. The Morgan fingerprint density at radius 1 is 1.07 bits per heavy atom. The van der Waals surface area contributed by atoms with E-state index in [1.165, 1.54) is 17.4 Å². The van der Waals surface area contributed by atoms with Crippen LogP contribution in [-0.4, -0.2) is 32.1 Å². The Balaban J connectivity index is 2.23. The van der Waals surface area contributed by atoms with Crippen molar-refractivity contribution in [3.8, 4) is 0 Å². The van der Waals surface area contributed by atoms with Crippen molar-refractivity contribution in [2.75, 3.05) is 19.3 Å². The predicted octanol–water partition coefficient (Wildman–Crippen LogP) is 1.05. The highest BCUT2D eigenvalue weighted by Crippen LogP contribution is 2.16. The number of hydrogen-bond donors (Lipinski definition) is 0. The molecule has 0 radical (unpaired) electrons. The maximum Gasteiger partial charge on any atom is 0.211 e. The quantitative estimate of drug-likeness (QED) is 0.716. The minimum atomic E-state index is -3.03. The van der Waals surface area contributed by atoms with E-state index < -0.39 is 10.0 Å². The van der Waals surface area contributed by atoms with Crippen molar-refractivity contribution in [1.82, 2.24) is 4.31 Å². The Hall–Kier alpha value is -0.870. The summed E-state index contributed by atoms with van der Waals surface area (Å²) < 4.78 is 24.4. The molecule has 0 amide bonds. The first kappa shape index (κ1) is 10.6. The zero-order chi connectivity index (χ0) is 10.9. The van der Waals surface area contributed by atoms with Gasteiger partial charge < -0.3 is 0 Å². The van der Waals surface area contributed by atoms with Crippen LogP contribution in [0.25, 0.3) is 0 Å². The van der Waals surface area contributed by atoms with Gasteiger partial charge >= 0.3 is 0 Å². The topological polar surface area (TPSA) is 37.4 Å². The van der Waals surface area contributed by atoms with E-state index >= 15 is 0 Å². The van der Waals surface area contributed by atoms with E-state index in [-0.39, 0.29) is 0 Å². The van der Waals surface area contributed by atoms with Gasteiger partial charge in [-0.25, -0.2) is 12.7 Å². The van der Waals surface area contributed by atoms with Gasteiger partial charge in [-0.05, 0) is 24.0 Å². The lowest BCUT2D eigenvalue weighted by molar-refractivity contribution is 0.431. The second kappa shape index (κ2) is 3.94. The second-order valence-electron chi connectivity index (χ2n) is 3.93. The first-order valence-corrected chi connectivity index (χ1v) is 6.94. The van der Waals surface area contributed by atoms with Crippen molar-refractivity contribution < 1.29 is 8.42 Å². The minimum absolute atomic E-state index is 0.607. The molecule has 1 aliphatic heterocycles. The second-order valence-corrected chi connectivity index (χ2v) is 5.91. The molecule has 0 N–H and O–H groups in total. The highest BCUT2D eigenvalue weighted by Gasteiger charge is 2.19. The monoisotopic (exact) mass is 225 g/mol. The zero-order valence-electron chi connectivity index (χ0n) is 8.81. The van der Waals surface area contributed by atoms with Crippen LogP contribution in [0, 0.1) is 0 Å². The molecule has 0 aromatic heterocycles. The SMILES string of the molecule is CS(=O)(=O)N1CCc2ccccc2CC1. The van der Waals surface area contributed by atoms with Gasteiger partial charge in [0.1, 0.15) is 0 Å². The van der Waals surface area contributed by atoms with E-state index in [2.05, 4.69) is 12.1 Å². The third-order valence-electron chi connectivity index (χ3n) is 2.85. The van der Waals surface area contributed by atoms with Crippen molar-refractivity contribution in [3.63, 3.8) is 0 Å². The number of benzene rings is 1. The van der Waals surface area contributed by atoms with Crippen LogP contribution >= 0.6 is 0 Å². The summed E-state index contributed by atoms with van der Waals surface area (Å²) in [5.41, 5.74) is 2.56. The van der Waals surface area contributed by atoms with E-state index in [0.29, 0.717) is 13.1 Å². The first-order valence-electron chi connectivity index (χ1n) is 5.09. The van der Waals surface area contributed by atoms with Crippen LogP contribution < -0.4 is 0 Å². The molecule has 0 spiro atoms. The lowest BCUT2D eigenvalue weighted by Crippen LogP contribution is -2.32. The predicted molar refractivity (Wildman–Crippen MR) is 60.3 cm³/mol. The van der Waals surface area contributed by atoms with Crippen molar-refractivity contribution in [2.24, 2.45) is 0 Å². The Labute approximate surface area is 90.8 Å². The summed E-state index contributed by atoms with van der Waals surface area (Å²) in [6.07, 6.45) is 2.93. The molecule has 0 saturated heterocycles. The van der Waals surface area contributed by atoms with E-state index in [1.807, 2.05) is 12.1 Å². The molecule has 0 bridgehead atoms. The number of rotatable bonds is 1. The third-order valence-corrected chi connectivity index (χ3v) is 4.15. The maximum absolute atomic E-state index is 11.4. The lowest BCUT2D eigenvalue weighted by Gasteiger charge is -2.16. The van der Waals surface area contributed by atoms with Crippen LogP contribution in [0.4, 0.5) is 0 Å². The third kappa shape index (κ3) is 2.38. The average molecular weight is 225 g/mol. The number of fused-ring (bicyclic) bond motifs is 1. The summed E-state index contributed by atoms with van der Waals surface area (Å²) in [6.45, 7) is 1.21. The number of hydrogen-bond acceptors (Lipinski definition) is 2. The summed E-state index contributed by atoms with van der Waals surface area (Å²) in [5, 5.41) is 0. The molecule has 1 aromatic carbocycles. The van der Waals surface area contributed by atoms with Crippen LogP contribution in [0.1, 0.15) is 11.1 Å². The summed E-state index contributed by atoms with van der Waals surface area (Å²) in [4.78, 5) is 0. The summed E-state index contributed by atoms with van der Waals surface area (Å²) >= 11 is 0. The molecule has 1 heterocycles. The molecule has 82 valence electrons. The Kier molecular flexibility index (Phi) is 2.80. The molecule has 0 atom stereocenters. The van der Waals surface area contributed by atoms with Gasteiger partial charge in [-0.3, -0.25) is 0 Å². The molecule has 3 nitrogen and oxygen atoms in total.